The summed E-state index contributed by atoms with van der Waals surface area (Å²) in [7, 11) is 0. The van der Waals surface area contributed by atoms with Crippen molar-refractivity contribution < 1.29 is 24.8 Å². The summed E-state index contributed by atoms with van der Waals surface area (Å²) in [6.45, 7) is 6.18. The third-order valence-corrected chi connectivity index (χ3v) is 3.51. The number of nitrogens with two attached hydrogens (primary N) is 1. The Morgan fingerprint density at radius 2 is 2.00 bits per heavy atom. The van der Waals surface area contributed by atoms with Gasteiger partial charge < -0.3 is 15.9 Å². The smallest absolute Gasteiger partial charge is 0.401 e. The molecule has 0 amide bonds. The van der Waals surface area contributed by atoms with E-state index in [1.165, 1.54) is 10.7 Å². The summed E-state index contributed by atoms with van der Waals surface area (Å²) in [5.74, 6) is -2.05. The van der Waals surface area contributed by atoms with Crippen molar-refractivity contribution in [1.82, 2.24) is 9.78 Å². The predicted octanol–water partition coefficient (Wildman–Crippen LogP) is -0.0812. The maximum absolute atomic E-state index is 11.3. The number of unbranched alkanes of at least 4 members (excludes halogenated alkanes) is 1. The van der Waals surface area contributed by atoms with Crippen LogP contribution < -0.4 is 10.7 Å². The zero-order chi connectivity index (χ0) is 18.3. The lowest BCUT2D eigenvalue weighted by Gasteiger charge is -2.07. The highest BCUT2D eigenvalue weighted by molar-refractivity contribution is 6.40. The van der Waals surface area contributed by atoms with Crippen molar-refractivity contribution >= 4 is 17.7 Å². The van der Waals surface area contributed by atoms with Crippen LogP contribution >= 0.6 is 0 Å². The molecular weight excluding hydrogens is 312 g/mol. The molecule has 24 heavy (non-hydrogen) atoms. The summed E-state index contributed by atoms with van der Waals surface area (Å²) in [6.07, 6.45) is 1.83. The number of carbonyl (C=O) groups is 2. The molecule has 0 unspecified atom stereocenters. The van der Waals surface area contributed by atoms with Gasteiger partial charge in [-0.15, -0.1) is 0 Å². The number of hydrogen-bond acceptors (Lipinski definition) is 4. The van der Waals surface area contributed by atoms with E-state index in [1.54, 1.807) is 13.8 Å². The first-order valence-electron chi connectivity index (χ1n) is 7.85. The molecule has 0 fully saturated rings. The number of allylic oxidation sites excluding steroid dienone is 1. The highest BCUT2D eigenvalue weighted by Gasteiger charge is 2.22. The van der Waals surface area contributed by atoms with Crippen LogP contribution in [0.1, 0.15) is 49.3 Å². The van der Waals surface area contributed by atoms with Gasteiger partial charge in [0.25, 0.3) is 5.71 Å². The van der Waals surface area contributed by atoms with Crippen molar-refractivity contribution in [2.24, 2.45) is 5.73 Å². The summed E-state index contributed by atoms with van der Waals surface area (Å²) in [5, 5.41) is 22.6. The van der Waals surface area contributed by atoms with E-state index >= 15 is 0 Å². The number of carboxylic acid groups (broad SMARTS) is 2. The molecule has 0 bridgehead atoms. The Balaban J connectivity index is 2.72. The number of hydrogen-bond donors (Lipinski definition) is 4. The molecule has 8 heteroatoms. The molecule has 0 saturated heterocycles. The predicted molar refractivity (Wildman–Crippen MR) is 88.8 cm³/mol. The number of nitrogens with one attached hydrogen (secondary N) is 1. The van der Waals surface area contributed by atoms with Gasteiger partial charge in [0.05, 0.1) is 5.69 Å². The van der Waals surface area contributed by atoms with Gasteiger partial charge >= 0.3 is 11.9 Å². The largest absolute Gasteiger partial charge is 0.477 e. The molecular formula is C16H25N4O4+. The molecule has 0 spiro atoms. The molecule has 8 nitrogen and oxygen atoms in total. The number of aromatic carboxylic acids is 1. The first kappa shape index (κ1) is 19.4. The van der Waals surface area contributed by atoms with Gasteiger partial charge in [-0.3, -0.25) is 4.68 Å². The number of nitrogens with zero attached hydrogens (tertiary/aromatic N) is 2. The lowest BCUT2D eigenvalue weighted by Crippen LogP contribution is -2.74. The van der Waals surface area contributed by atoms with Crippen LogP contribution in [0.2, 0.25) is 0 Å². The fourth-order valence-corrected chi connectivity index (χ4v) is 2.46. The topological polar surface area (TPSA) is 132 Å². The second-order valence-corrected chi connectivity index (χ2v) is 5.53. The molecule has 0 saturated carbocycles. The van der Waals surface area contributed by atoms with Crippen LogP contribution in [0.15, 0.2) is 17.3 Å². The molecule has 0 aliphatic carbocycles. The molecule has 1 heterocycles. The summed E-state index contributed by atoms with van der Waals surface area (Å²) < 4.78 is 1.46. The Bertz CT molecular complexity index is 670. The lowest BCUT2D eigenvalue weighted by molar-refractivity contribution is -0.451. The van der Waals surface area contributed by atoms with Crippen LogP contribution in [-0.2, 0) is 11.3 Å². The maximum atomic E-state index is 11.3. The summed E-state index contributed by atoms with van der Waals surface area (Å²) in [6, 6.07) is 1.53. The highest BCUT2D eigenvalue weighted by atomic mass is 16.4. The number of aryl methyl sites for hydroxylation is 2. The third-order valence-electron chi connectivity index (χ3n) is 3.51. The van der Waals surface area contributed by atoms with E-state index in [0.29, 0.717) is 49.3 Å². The summed E-state index contributed by atoms with van der Waals surface area (Å²) in [5.41, 5.74) is 7.81. The van der Waals surface area contributed by atoms with E-state index in [1.807, 2.05) is 6.92 Å². The maximum Gasteiger partial charge on any atom is 0.401 e. The van der Waals surface area contributed by atoms with Crippen molar-refractivity contribution in [3.05, 3.63) is 28.7 Å². The number of aromatic nitrogens is 2. The van der Waals surface area contributed by atoms with Gasteiger partial charge in [0.1, 0.15) is 12.2 Å². The lowest BCUT2D eigenvalue weighted by atomic mass is 10.0. The van der Waals surface area contributed by atoms with Gasteiger partial charge in [-0.05, 0) is 46.1 Å². The van der Waals surface area contributed by atoms with E-state index in [9.17, 15) is 14.7 Å². The van der Waals surface area contributed by atoms with Crippen molar-refractivity contribution in [2.75, 3.05) is 6.54 Å². The molecule has 0 atom stereocenters. The SMILES string of the molecule is CC[NH+]=C(C(=O)O)C(CCCCn1nc(C)cc1C(=O)O)=C(C)N. The minimum Gasteiger partial charge on any atom is -0.477 e. The third kappa shape index (κ3) is 5.22. The Labute approximate surface area is 140 Å². The quantitative estimate of drug-likeness (QED) is 0.368. The van der Waals surface area contributed by atoms with E-state index < -0.39 is 11.9 Å². The normalized spacial score (nSPS) is 12.9. The molecule has 1 aromatic heterocycles. The molecule has 0 aliphatic rings. The van der Waals surface area contributed by atoms with Crippen LogP contribution in [0.3, 0.4) is 0 Å². The van der Waals surface area contributed by atoms with Crippen LogP contribution in [0, 0.1) is 6.92 Å². The van der Waals surface area contributed by atoms with E-state index in [4.69, 9.17) is 10.8 Å². The molecule has 0 aromatic carbocycles. The number of aliphatic carboxylic acids is 1. The van der Waals surface area contributed by atoms with E-state index in [2.05, 4.69) is 10.1 Å². The zero-order valence-electron chi connectivity index (χ0n) is 14.3. The number of carboxylic acids is 2. The summed E-state index contributed by atoms with van der Waals surface area (Å²) in [4.78, 5) is 25.3. The molecule has 0 radical (unpaired) electrons. The Hall–Kier alpha value is -2.64. The molecule has 132 valence electrons. The van der Waals surface area contributed by atoms with Crippen LogP contribution in [-0.4, -0.2) is 44.2 Å². The van der Waals surface area contributed by atoms with Crippen molar-refractivity contribution in [3.63, 3.8) is 0 Å². The first-order chi connectivity index (χ1) is 11.3. The van der Waals surface area contributed by atoms with Gasteiger partial charge in [-0.25, -0.2) is 14.6 Å². The van der Waals surface area contributed by atoms with E-state index in [-0.39, 0.29) is 11.4 Å². The second-order valence-electron chi connectivity index (χ2n) is 5.53. The fourth-order valence-electron chi connectivity index (χ4n) is 2.46. The van der Waals surface area contributed by atoms with Gasteiger partial charge in [-0.2, -0.15) is 5.10 Å². The van der Waals surface area contributed by atoms with Crippen molar-refractivity contribution in [2.45, 2.75) is 46.6 Å². The molecule has 1 rings (SSSR count). The van der Waals surface area contributed by atoms with Crippen molar-refractivity contribution in [3.8, 4) is 0 Å². The Morgan fingerprint density at radius 1 is 1.33 bits per heavy atom. The fraction of sp³-hybridized carbons (Fsp3) is 0.500. The Kier molecular flexibility index (Phi) is 7.16. The van der Waals surface area contributed by atoms with Crippen molar-refractivity contribution in [1.29, 1.82) is 0 Å². The standard InChI is InChI=1S/C16H24N4O4/c1-4-18-14(16(23)24)12(11(3)17)7-5-6-8-20-13(15(21)22)9-10(2)19-20/h9H,4-8,17H2,1-3H3,(H,21,22)(H,23,24)/p+1. The van der Waals surface area contributed by atoms with Crippen LogP contribution in [0.25, 0.3) is 0 Å². The molecule has 0 aliphatic heterocycles. The summed E-state index contributed by atoms with van der Waals surface area (Å²) >= 11 is 0. The molecule has 1 aromatic rings. The second kappa shape index (κ2) is 8.85. The van der Waals surface area contributed by atoms with Crippen LogP contribution in [0.5, 0.6) is 0 Å². The average Bonchev–Trinajstić information content (AvgIpc) is 2.86. The van der Waals surface area contributed by atoms with E-state index in [0.717, 1.165) is 0 Å². The first-order valence-corrected chi connectivity index (χ1v) is 7.85. The highest BCUT2D eigenvalue weighted by Crippen LogP contribution is 2.13. The minimum absolute atomic E-state index is 0.124. The number of rotatable bonds is 9. The molecule has 5 N–H and O–H groups in total. The Morgan fingerprint density at radius 3 is 2.50 bits per heavy atom. The minimum atomic E-state index is -1.03. The van der Waals surface area contributed by atoms with Gasteiger partial charge in [-0.1, -0.05) is 0 Å². The van der Waals surface area contributed by atoms with Crippen LogP contribution in [0.4, 0.5) is 0 Å². The van der Waals surface area contributed by atoms with Gasteiger partial charge in [0.2, 0.25) is 0 Å². The average molecular weight is 337 g/mol. The monoisotopic (exact) mass is 337 g/mol. The van der Waals surface area contributed by atoms with Gasteiger partial charge in [0, 0.05) is 17.8 Å². The zero-order valence-corrected chi connectivity index (χ0v) is 14.3. The van der Waals surface area contributed by atoms with Gasteiger partial charge in [0.15, 0.2) is 0 Å².